The predicted molar refractivity (Wildman–Crippen MR) is 92.6 cm³/mol. The van der Waals surface area contributed by atoms with Gasteiger partial charge in [-0.25, -0.2) is 0 Å². The lowest BCUT2D eigenvalue weighted by Gasteiger charge is -2.26. The number of anilines is 2. The molecule has 4 N–H and O–H groups in total. The molecule has 2 heterocycles. The van der Waals surface area contributed by atoms with Crippen molar-refractivity contribution < 1.29 is 9.90 Å². The molecule has 0 spiro atoms. The fraction of sp³-hybridized carbons (Fsp3) is 0.412. The number of hydrogen-bond acceptors (Lipinski definition) is 5. The maximum absolute atomic E-state index is 13.1. The molecule has 24 heavy (non-hydrogen) atoms. The van der Waals surface area contributed by atoms with Gasteiger partial charge < -0.3 is 16.2 Å². The first-order valence-electron chi connectivity index (χ1n) is 8.17. The summed E-state index contributed by atoms with van der Waals surface area (Å²) < 4.78 is 1.32. The van der Waals surface area contributed by atoms with E-state index < -0.39 is 6.10 Å². The highest BCUT2D eigenvalue weighted by molar-refractivity contribution is 6.33. The smallest absolute Gasteiger partial charge is 0.256 e. The first kappa shape index (κ1) is 15.5. The molecule has 1 aromatic carbocycles. The summed E-state index contributed by atoms with van der Waals surface area (Å²) in [7, 11) is 0. The normalized spacial score (nSPS) is 22.4. The molecule has 1 aromatic heterocycles. The molecule has 2 aromatic rings. The van der Waals surface area contributed by atoms with E-state index >= 15 is 0 Å². The molecule has 0 saturated heterocycles. The van der Waals surface area contributed by atoms with Gasteiger partial charge in [0.25, 0.3) is 5.91 Å². The van der Waals surface area contributed by atoms with E-state index in [-0.39, 0.29) is 11.8 Å². The van der Waals surface area contributed by atoms with Crippen molar-refractivity contribution in [2.24, 2.45) is 0 Å². The molecule has 0 saturated carbocycles. The second kappa shape index (κ2) is 5.79. The van der Waals surface area contributed by atoms with Crippen LogP contribution < -0.4 is 11.1 Å². The molecule has 7 heteroatoms. The lowest BCUT2D eigenvalue weighted by molar-refractivity contribution is 0.0858. The van der Waals surface area contributed by atoms with E-state index in [1.54, 1.807) is 0 Å². The van der Waals surface area contributed by atoms with Gasteiger partial charge in [0.1, 0.15) is 5.82 Å². The van der Waals surface area contributed by atoms with Crippen molar-refractivity contribution in [2.75, 3.05) is 17.6 Å². The average molecular weight is 347 g/mol. The van der Waals surface area contributed by atoms with Gasteiger partial charge in [-0.2, -0.15) is 9.78 Å². The van der Waals surface area contributed by atoms with Crippen LogP contribution in [0.3, 0.4) is 0 Å². The maximum atomic E-state index is 13.1. The van der Waals surface area contributed by atoms with Gasteiger partial charge in [-0.05, 0) is 30.9 Å². The number of aliphatic hydroxyl groups excluding tert-OH is 1. The summed E-state index contributed by atoms with van der Waals surface area (Å²) in [6, 6.07) is 5.57. The van der Waals surface area contributed by atoms with E-state index in [4.69, 9.17) is 17.3 Å². The summed E-state index contributed by atoms with van der Waals surface area (Å²) in [6.45, 7) is 0.673. The van der Waals surface area contributed by atoms with E-state index in [2.05, 4.69) is 10.4 Å². The quantitative estimate of drug-likeness (QED) is 0.736. The third-order valence-corrected chi connectivity index (χ3v) is 5.24. The highest BCUT2D eigenvalue weighted by Crippen LogP contribution is 2.38. The Morgan fingerprint density at radius 3 is 3.08 bits per heavy atom. The molecule has 0 radical (unpaired) electrons. The minimum atomic E-state index is -0.409. The van der Waals surface area contributed by atoms with Gasteiger partial charge in [-0.3, -0.25) is 4.79 Å². The van der Waals surface area contributed by atoms with Gasteiger partial charge in [0.2, 0.25) is 0 Å². The van der Waals surface area contributed by atoms with Crippen molar-refractivity contribution in [3.63, 3.8) is 0 Å². The molecule has 2 atom stereocenters. The summed E-state index contributed by atoms with van der Waals surface area (Å²) in [4.78, 5) is 13.1. The molecule has 1 aliphatic carbocycles. The number of aromatic nitrogens is 2. The predicted octanol–water partition coefficient (Wildman–Crippen LogP) is 2.21. The highest BCUT2D eigenvalue weighted by Gasteiger charge is 2.32. The lowest BCUT2D eigenvalue weighted by Crippen LogP contribution is -2.28. The van der Waals surface area contributed by atoms with Crippen molar-refractivity contribution in [2.45, 2.75) is 37.7 Å². The van der Waals surface area contributed by atoms with Gasteiger partial charge in [-0.1, -0.05) is 23.7 Å². The van der Waals surface area contributed by atoms with Gasteiger partial charge in [0.05, 0.1) is 28.4 Å². The molecule has 126 valence electrons. The lowest BCUT2D eigenvalue weighted by atomic mass is 9.90. The molecular weight excluding hydrogens is 328 g/mol. The number of nitrogens with two attached hydrogens (primary N) is 1. The van der Waals surface area contributed by atoms with Crippen LogP contribution in [0.1, 0.15) is 40.4 Å². The van der Waals surface area contributed by atoms with Crippen LogP contribution in [0, 0.1) is 0 Å². The maximum Gasteiger partial charge on any atom is 0.256 e. The van der Waals surface area contributed by atoms with Crippen LogP contribution in [0.4, 0.5) is 11.5 Å². The Bertz CT molecular complexity index is 817. The van der Waals surface area contributed by atoms with Crippen molar-refractivity contribution in [3.05, 3.63) is 40.0 Å². The topological polar surface area (TPSA) is 93.2 Å². The van der Waals surface area contributed by atoms with Crippen LogP contribution in [-0.2, 0) is 12.8 Å². The van der Waals surface area contributed by atoms with E-state index in [1.165, 1.54) is 4.68 Å². The van der Waals surface area contributed by atoms with Crippen LogP contribution in [0.25, 0.3) is 0 Å². The Balaban J connectivity index is 1.73. The molecular formula is C17H19ClN4O2. The average Bonchev–Trinajstić information content (AvgIpc) is 2.90. The number of nitrogens with one attached hydrogen (secondary N) is 1. The van der Waals surface area contributed by atoms with Crippen LogP contribution in [0.5, 0.6) is 0 Å². The second-order valence-electron chi connectivity index (χ2n) is 6.43. The van der Waals surface area contributed by atoms with Gasteiger partial charge in [0.15, 0.2) is 0 Å². The van der Waals surface area contributed by atoms with Crippen LogP contribution in [0.15, 0.2) is 18.2 Å². The summed E-state index contributed by atoms with van der Waals surface area (Å²) in [6.07, 6.45) is 2.02. The largest absolute Gasteiger partial charge is 0.393 e. The van der Waals surface area contributed by atoms with Crippen LogP contribution in [-0.4, -0.2) is 33.4 Å². The molecule has 2 aliphatic rings. The molecule has 0 fully saturated rings. The van der Waals surface area contributed by atoms with Gasteiger partial charge in [0, 0.05) is 18.5 Å². The van der Waals surface area contributed by atoms with E-state index in [0.717, 1.165) is 22.5 Å². The molecule has 1 aliphatic heterocycles. The number of hydrogen-bond donors (Lipinski definition) is 3. The van der Waals surface area contributed by atoms with Gasteiger partial charge in [-0.15, -0.1) is 0 Å². The number of halogens is 1. The fourth-order valence-corrected chi connectivity index (χ4v) is 3.92. The summed E-state index contributed by atoms with van der Waals surface area (Å²) in [5.41, 5.74) is 9.51. The Morgan fingerprint density at radius 2 is 2.25 bits per heavy atom. The van der Waals surface area contributed by atoms with Crippen LogP contribution in [0.2, 0.25) is 5.02 Å². The zero-order valence-corrected chi connectivity index (χ0v) is 13.9. The number of rotatable bonds is 1. The number of benzene rings is 1. The van der Waals surface area contributed by atoms with E-state index in [9.17, 15) is 9.90 Å². The third kappa shape index (κ3) is 2.37. The van der Waals surface area contributed by atoms with Crippen molar-refractivity contribution >= 4 is 29.0 Å². The number of carbonyl (C=O) groups excluding carboxylic acids is 1. The molecule has 0 bridgehead atoms. The standard InChI is InChI=1S/C17H19ClN4O2/c18-13-3-1-2-10-11(6-7-20-15(10)13)17(24)22-16(19)12-5-4-9(23)8-14(12)21-22/h1-3,9,11,20,23H,4-8,19H2/t9-,11-/m1/s1. The van der Waals surface area contributed by atoms with Crippen LogP contribution >= 0.6 is 11.6 Å². The first-order valence-corrected chi connectivity index (χ1v) is 8.55. The van der Waals surface area contributed by atoms with Crippen molar-refractivity contribution in [1.82, 2.24) is 9.78 Å². The number of fused-ring (bicyclic) bond motifs is 2. The third-order valence-electron chi connectivity index (χ3n) is 4.93. The summed E-state index contributed by atoms with van der Waals surface area (Å²) in [5, 5.41) is 18.1. The number of para-hydroxylation sites is 1. The number of nitrogen functional groups attached to an aromatic ring is 1. The molecule has 0 unspecified atom stereocenters. The Morgan fingerprint density at radius 1 is 1.42 bits per heavy atom. The minimum absolute atomic E-state index is 0.138. The molecule has 6 nitrogen and oxygen atoms in total. The zero-order valence-electron chi connectivity index (χ0n) is 13.1. The number of carbonyl (C=O) groups is 1. The monoisotopic (exact) mass is 346 g/mol. The van der Waals surface area contributed by atoms with Gasteiger partial charge >= 0.3 is 0 Å². The van der Waals surface area contributed by atoms with E-state index in [0.29, 0.717) is 43.1 Å². The van der Waals surface area contributed by atoms with E-state index in [1.807, 2.05) is 18.2 Å². The first-order chi connectivity index (χ1) is 11.6. The summed E-state index contributed by atoms with van der Waals surface area (Å²) in [5.74, 6) is -0.0565. The Labute approximate surface area is 144 Å². The Hall–Kier alpha value is -2.05. The molecule has 0 amide bonds. The SMILES string of the molecule is Nc1c2c(nn1C(=O)[C@@H]1CCNc3c(Cl)cccc31)C[C@H](O)CC2. The number of nitrogens with zero attached hydrogens (tertiary/aromatic N) is 2. The minimum Gasteiger partial charge on any atom is -0.393 e. The highest BCUT2D eigenvalue weighted by atomic mass is 35.5. The second-order valence-corrected chi connectivity index (χ2v) is 6.84. The fourth-order valence-electron chi connectivity index (χ4n) is 3.67. The zero-order chi connectivity index (χ0) is 16.8. The van der Waals surface area contributed by atoms with Crippen molar-refractivity contribution in [1.29, 1.82) is 0 Å². The molecule has 4 rings (SSSR count). The van der Waals surface area contributed by atoms with Crippen molar-refractivity contribution in [3.8, 4) is 0 Å². The Kier molecular flexibility index (Phi) is 3.73. The number of aliphatic hydroxyl groups is 1. The summed E-state index contributed by atoms with van der Waals surface area (Å²) >= 11 is 6.24.